The summed E-state index contributed by atoms with van der Waals surface area (Å²) in [6.07, 6.45) is 2.44. The van der Waals surface area contributed by atoms with Crippen molar-refractivity contribution in [3.63, 3.8) is 0 Å². The third kappa shape index (κ3) is 2.79. The zero-order valence-electron chi connectivity index (χ0n) is 12.0. The topological polar surface area (TPSA) is 29.3 Å². The number of hydrogen-bond acceptors (Lipinski definition) is 2. The molecule has 0 bridgehead atoms. The summed E-state index contributed by atoms with van der Waals surface area (Å²) in [7, 11) is 0. The van der Waals surface area contributed by atoms with Gasteiger partial charge in [0.05, 0.1) is 0 Å². The first-order valence-corrected chi connectivity index (χ1v) is 7.39. The standard InChI is InChI=1S/C18H22N2/c1-14-3-2-4-18(13-14)20-11-9-16(10-12-20)15-5-7-17(19)8-6-15/h2-8,13,16H,9-12,19H2,1H3. The summed E-state index contributed by atoms with van der Waals surface area (Å²) >= 11 is 0. The van der Waals surface area contributed by atoms with Gasteiger partial charge >= 0.3 is 0 Å². The predicted molar refractivity (Wildman–Crippen MR) is 86.2 cm³/mol. The van der Waals surface area contributed by atoms with Gasteiger partial charge in [0, 0.05) is 24.5 Å². The van der Waals surface area contributed by atoms with Crippen LogP contribution in [0.4, 0.5) is 11.4 Å². The van der Waals surface area contributed by atoms with Crippen LogP contribution in [-0.2, 0) is 0 Å². The quantitative estimate of drug-likeness (QED) is 0.834. The molecule has 2 aromatic carbocycles. The van der Waals surface area contributed by atoms with Crippen molar-refractivity contribution in [2.45, 2.75) is 25.7 Å². The Morgan fingerprint density at radius 2 is 1.70 bits per heavy atom. The molecule has 1 aliphatic rings. The number of rotatable bonds is 2. The second-order valence-electron chi connectivity index (χ2n) is 5.77. The highest BCUT2D eigenvalue weighted by molar-refractivity contribution is 5.49. The molecule has 2 heteroatoms. The third-order valence-electron chi connectivity index (χ3n) is 4.27. The van der Waals surface area contributed by atoms with Gasteiger partial charge in [-0.25, -0.2) is 0 Å². The fourth-order valence-corrected chi connectivity index (χ4v) is 3.06. The van der Waals surface area contributed by atoms with Crippen LogP contribution in [0.2, 0.25) is 0 Å². The maximum absolute atomic E-state index is 5.76. The predicted octanol–water partition coefficient (Wildman–Crippen LogP) is 3.96. The first kappa shape index (κ1) is 13.0. The van der Waals surface area contributed by atoms with E-state index in [0.29, 0.717) is 5.92 Å². The summed E-state index contributed by atoms with van der Waals surface area (Å²) in [5.41, 5.74) is 10.7. The summed E-state index contributed by atoms with van der Waals surface area (Å²) < 4.78 is 0. The average Bonchev–Trinajstić information content (AvgIpc) is 2.48. The molecule has 2 N–H and O–H groups in total. The molecule has 0 unspecified atom stereocenters. The van der Waals surface area contributed by atoms with Gasteiger partial charge in [0.25, 0.3) is 0 Å². The number of hydrogen-bond donors (Lipinski definition) is 1. The lowest BCUT2D eigenvalue weighted by atomic mass is 9.89. The van der Waals surface area contributed by atoms with Gasteiger partial charge < -0.3 is 10.6 Å². The monoisotopic (exact) mass is 266 g/mol. The van der Waals surface area contributed by atoms with Crippen LogP contribution in [-0.4, -0.2) is 13.1 Å². The molecular formula is C18H22N2. The second-order valence-corrected chi connectivity index (χ2v) is 5.77. The molecule has 2 nitrogen and oxygen atoms in total. The first-order chi connectivity index (χ1) is 9.72. The average molecular weight is 266 g/mol. The van der Waals surface area contributed by atoms with E-state index < -0.39 is 0 Å². The summed E-state index contributed by atoms with van der Waals surface area (Å²) in [5, 5.41) is 0. The fourth-order valence-electron chi connectivity index (χ4n) is 3.06. The molecule has 0 aliphatic carbocycles. The van der Waals surface area contributed by atoms with Crippen LogP contribution in [0.25, 0.3) is 0 Å². The maximum atomic E-state index is 5.76. The van der Waals surface area contributed by atoms with Crippen molar-refractivity contribution >= 4 is 11.4 Å². The molecule has 0 aromatic heterocycles. The number of benzene rings is 2. The van der Waals surface area contributed by atoms with E-state index in [-0.39, 0.29) is 0 Å². The Bertz CT molecular complexity index is 566. The van der Waals surface area contributed by atoms with Crippen LogP contribution in [0.1, 0.15) is 29.9 Å². The van der Waals surface area contributed by atoms with Crippen LogP contribution in [0, 0.1) is 6.92 Å². The number of nitrogens with zero attached hydrogens (tertiary/aromatic N) is 1. The van der Waals surface area contributed by atoms with Crippen LogP contribution in [0.3, 0.4) is 0 Å². The van der Waals surface area contributed by atoms with Crippen LogP contribution in [0.5, 0.6) is 0 Å². The molecule has 0 atom stereocenters. The fraction of sp³-hybridized carbons (Fsp3) is 0.333. The van der Waals surface area contributed by atoms with Gasteiger partial charge in [-0.1, -0.05) is 24.3 Å². The lowest BCUT2D eigenvalue weighted by molar-refractivity contribution is 0.505. The van der Waals surface area contributed by atoms with Crippen molar-refractivity contribution in [3.05, 3.63) is 59.7 Å². The highest BCUT2D eigenvalue weighted by Gasteiger charge is 2.20. The Morgan fingerprint density at radius 3 is 2.35 bits per heavy atom. The van der Waals surface area contributed by atoms with E-state index >= 15 is 0 Å². The number of aryl methyl sites for hydroxylation is 1. The van der Waals surface area contributed by atoms with Crippen molar-refractivity contribution < 1.29 is 0 Å². The molecule has 0 spiro atoms. The molecule has 1 saturated heterocycles. The number of anilines is 2. The Labute approximate surface area is 121 Å². The van der Waals surface area contributed by atoms with Crippen molar-refractivity contribution in [1.82, 2.24) is 0 Å². The van der Waals surface area contributed by atoms with Gasteiger partial charge in [-0.3, -0.25) is 0 Å². The van der Waals surface area contributed by atoms with E-state index in [2.05, 4.69) is 48.2 Å². The van der Waals surface area contributed by atoms with Gasteiger partial charge in [0.2, 0.25) is 0 Å². The smallest absolute Gasteiger partial charge is 0.0368 e. The molecular weight excluding hydrogens is 244 g/mol. The lowest BCUT2D eigenvalue weighted by Gasteiger charge is -2.34. The normalized spacial score (nSPS) is 16.4. The van der Waals surface area contributed by atoms with Gasteiger partial charge in [-0.15, -0.1) is 0 Å². The van der Waals surface area contributed by atoms with Crippen LogP contribution < -0.4 is 10.6 Å². The number of nitrogen functional groups attached to an aromatic ring is 1. The third-order valence-corrected chi connectivity index (χ3v) is 4.27. The highest BCUT2D eigenvalue weighted by Crippen LogP contribution is 2.30. The van der Waals surface area contributed by atoms with E-state index in [0.717, 1.165) is 18.8 Å². The summed E-state index contributed by atoms with van der Waals surface area (Å²) in [4.78, 5) is 2.50. The minimum atomic E-state index is 0.677. The number of piperidine rings is 1. The summed E-state index contributed by atoms with van der Waals surface area (Å²) in [5.74, 6) is 0.677. The SMILES string of the molecule is Cc1cccc(N2CCC(c3ccc(N)cc3)CC2)c1. The van der Waals surface area contributed by atoms with Crippen molar-refractivity contribution in [1.29, 1.82) is 0 Å². The Morgan fingerprint density at radius 1 is 1.00 bits per heavy atom. The molecule has 1 aliphatic heterocycles. The second kappa shape index (κ2) is 5.58. The van der Waals surface area contributed by atoms with Gasteiger partial charge in [-0.2, -0.15) is 0 Å². The molecule has 0 radical (unpaired) electrons. The molecule has 0 amide bonds. The number of nitrogens with two attached hydrogens (primary N) is 1. The van der Waals surface area contributed by atoms with Gasteiger partial charge in [0.15, 0.2) is 0 Å². The van der Waals surface area contributed by atoms with E-state index in [1.54, 1.807) is 0 Å². The zero-order valence-corrected chi connectivity index (χ0v) is 12.0. The van der Waals surface area contributed by atoms with Crippen LogP contribution in [0.15, 0.2) is 48.5 Å². The van der Waals surface area contributed by atoms with Gasteiger partial charge in [0.1, 0.15) is 0 Å². The Balaban J connectivity index is 1.66. The molecule has 0 saturated carbocycles. The molecule has 2 aromatic rings. The van der Waals surface area contributed by atoms with E-state index in [1.165, 1.54) is 29.7 Å². The van der Waals surface area contributed by atoms with Crippen molar-refractivity contribution in [3.8, 4) is 0 Å². The minimum absolute atomic E-state index is 0.677. The lowest BCUT2D eigenvalue weighted by Crippen LogP contribution is -2.32. The molecule has 3 rings (SSSR count). The van der Waals surface area contributed by atoms with E-state index in [4.69, 9.17) is 5.73 Å². The van der Waals surface area contributed by atoms with Crippen LogP contribution >= 0.6 is 0 Å². The van der Waals surface area contributed by atoms with E-state index in [9.17, 15) is 0 Å². The van der Waals surface area contributed by atoms with Crippen molar-refractivity contribution in [2.24, 2.45) is 0 Å². The Kier molecular flexibility index (Phi) is 3.64. The molecule has 104 valence electrons. The Hall–Kier alpha value is -1.96. The van der Waals surface area contributed by atoms with E-state index in [1.807, 2.05) is 12.1 Å². The maximum Gasteiger partial charge on any atom is 0.0368 e. The first-order valence-electron chi connectivity index (χ1n) is 7.39. The highest BCUT2D eigenvalue weighted by atomic mass is 15.1. The zero-order chi connectivity index (χ0) is 13.9. The van der Waals surface area contributed by atoms with Crippen molar-refractivity contribution in [2.75, 3.05) is 23.7 Å². The minimum Gasteiger partial charge on any atom is -0.399 e. The molecule has 20 heavy (non-hydrogen) atoms. The largest absolute Gasteiger partial charge is 0.399 e. The molecule has 1 heterocycles. The summed E-state index contributed by atoms with van der Waals surface area (Å²) in [6.45, 7) is 4.43. The summed E-state index contributed by atoms with van der Waals surface area (Å²) in [6, 6.07) is 17.2. The van der Waals surface area contributed by atoms with Gasteiger partial charge in [-0.05, 0) is 61.1 Å². The molecule has 1 fully saturated rings.